The summed E-state index contributed by atoms with van der Waals surface area (Å²) in [6.07, 6.45) is 0.0293. The van der Waals surface area contributed by atoms with Crippen LogP contribution in [0.2, 0.25) is 0 Å². The van der Waals surface area contributed by atoms with Crippen LogP contribution in [0, 0.1) is 13.8 Å². The van der Waals surface area contributed by atoms with Gasteiger partial charge in [-0.15, -0.1) is 11.8 Å². The number of thioether (sulfide) groups is 1. The molecule has 1 aliphatic rings. The number of fused-ring (bicyclic) bond motifs is 1. The second kappa shape index (κ2) is 8.93. The van der Waals surface area contributed by atoms with Crippen LogP contribution in [0.3, 0.4) is 0 Å². The van der Waals surface area contributed by atoms with Crippen molar-refractivity contribution in [1.29, 1.82) is 0 Å². The standard InChI is InChI=1S/C21H22N2O4S/c1-14-6-5-7-16(15(14)2)22-19(24)12-27-21(26)10-11-23-17-8-3-4-9-18(17)28-13-20(23)25/h3-9H,10-13H2,1-2H3,(H,22,24). The van der Waals surface area contributed by atoms with E-state index in [-0.39, 0.29) is 25.5 Å². The molecule has 0 spiro atoms. The lowest BCUT2D eigenvalue weighted by Gasteiger charge is -2.28. The van der Waals surface area contributed by atoms with Gasteiger partial charge in [-0.1, -0.05) is 24.3 Å². The van der Waals surface area contributed by atoms with Crippen LogP contribution in [0.15, 0.2) is 47.4 Å². The minimum absolute atomic E-state index is 0.0293. The first-order valence-corrected chi connectivity index (χ1v) is 9.98. The molecule has 0 aromatic heterocycles. The van der Waals surface area contributed by atoms with Crippen molar-refractivity contribution in [2.75, 3.05) is 29.1 Å². The number of esters is 1. The first kappa shape index (κ1) is 19.9. The van der Waals surface area contributed by atoms with Gasteiger partial charge in [-0.05, 0) is 43.2 Å². The molecule has 1 N–H and O–H groups in total. The lowest BCUT2D eigenvalue weighted by Crippen LogP contribution is -2.37. The third kappa shape index (κ3) is 4.72. The Morgan fingerprint density at radius 3 is 2.75 bits per heavy atom. The van der Waals surface area contributed by atoms with E-state index in [0.29, 0.717) is 11.4 Å². The molecule has 0 saturated heterocycles. The van der Waals surface area contributed by atoms with E-state index in [2.05, 4.69) is 5.32 Å². The number of anilines is 2. The number of nitrogens with one attached hydrogen (secondary N) is 1. The van der Waals surface area contributed by atoms with Crippen LogP contribution in [0.5, 0.6) is 0 Å². The minimum Gasteiger partial charge on any atom is -0.456 e. The number of hydrogen-bond donors (Lipinski definition) is 1. The van der Waals surface area contributed by atoms with E-state index in [0.717, 1.165) is 21.7 Å². The number of nitrogens with zero attached hydrogens (tertiary/aromatic N) is 1. The molecule has 0 atom stereocenters. The van der Waals surface area contributed by atoms with Crippen LogP contribution in [0.25, 0.3) is 0 Å². The zero-order chi connectivity index (χ0) is 20.1. The van der Waals surface area contributed by atoms with Crippen molar-refractivity contribution in [2.45, 2.75) is 25.2 Å². The summed E-state index contributed by atoms with van der Waals surface area (Å²) >= 11 is 1.49. The van der Waals surface area contributed by atoms with Crippen molar-refractivity contribution in [1.82, 2.24) is 0 Å². The second-order valence-corrected chi connectivity index (χ2v) is 7.53. The largest absolute Gasteiger partial charge is 0.456 e. The zero-order valence-electron chi connectivity index (χ0n) is 15.9. The van der Waals surface area contributed by atoms with Gasteiger partial charge in [0.1, 0.15) is 0 Å². The molecule has 0 aliphatic carbocycles. The summed E-state index contributed by atoms with van der Waals surface area (Å²) in [5.74, 6) is -0.591. The monoisotopic (exact) mass is 398 g/mol. The SMILES string of the molecule is Cc1cccc(NC(=O)COC(=O)CCN2C(=O)CSc3ccccc32)c1C. The van der Waals surface area contributed by atoms with Crippen molar-refractivity contribution in [3.05, 3.63) is 53.6 Å². The van der Waals surface area contributed by atoms with E-state index >= 15 is 0 Å². The van der Waals surface area contributed by atoms with E-state index in [1.54, 1.807) is 11.0 Å². The minimum atomic E-state index is -0.514. The molecule has 2 amide bonds. The van der Waals surface area contributed by atoms with E-state index < -0.39 is 11.9 Å². The number of rotatable bonds is 6. The second-order valence-electron chi connectivity index (χ2n) is 6.51. The lowest BCUT2D eigenvalue weighted by atomic mass is 10.1. The van der Waals surface area contributed by atoms with Crippen LogP contribution in [-0.2, 0) is 19.1 Å². The van der Waals surface area contributed by atoms with Gasteiger partial charge < -0.3 is 15.0 Å². The number of amides is 2. The van der Waals surface area contributed by atoms with E-state index in [4.69, 9.17) is 4.74 Å². The van der Waals surface area contributed by atoms with Gasteiger partial charge in [0.15, 0.2) is 6.61 Å². The maximum absolute atomic E-state index is 12.2. The van der Waals surface area contributed by atoms with E-state index in [1.807, 2.05) is 50.2 Å². The molecule has 1 heterocycles. The van der Waals surface area contributed by atoms with Gasteiger partial charge in [-0.3, -0.25) is 14.4 Å². The average molecular weight is 398 g/mol. The third-order valence-electron chi connectivity index (χ3n) is 4.59. The van der Waals surface area contributed by atoms with Gasteiger partial charge in [0.25, 0.3) is 5.91 Å². The van der Waals surface area contributed by atoms with Gasteiger partial charge in [0.05, 0.1) is 17.9 Å². The molecule has 2 aromatic rings. The summed E-state index contributed by atoms with van der Waals surface area (Å²) in [4.78, 5) is 38.9. The molecule has 146 valence electrons. The molecule has 1 aliphatic heterocycles. The summed E-state index contributed by atoms with van der Waals surface area (Å²) in [5.41, 5.74) is 3.56. The Morgan fingerprint density at radius 1 is 1.14 bits per heavy atom. The Morgan fingerprint density at radius 2 is 1.93 bits per heavy atom. The van der Waals surface area contributed by atoms with E-state index in [1.165, 1.54) is 11.8 Å². The fourth-order valence-corrected chi connectivity index (χ4v) is 3.83. The van der Waals surface area contributed by atoms with E-state index in [9.17, 15) is 14.4 Å². The van der Waals surface area contributed by atoms with Crippen LogP contribution >= 0.6 is 11.8 Å². The quantitative estimate of drug-likeness (QED) is 0.756. The predicted octanol–water partition coefficient (Wildman–Crippen LogP) is 3.31. The first-order chi connectivity index (χ1) is 13.5. The fourth-order valence-electron chi connectivity index (χ4n) is 2.89. The molecule has 28 heavy (non-hydrogen) atoms. The topological polar surface area (TPSA) is 75.7 Å². The molecular formula is C21H22N2O4S. The molecule has 0 unspecified atom stereocenters. The fraction of sp³-hybridized carbons (Fsp3) is 0.286. The molecular weight excluding hydrogens is 376 g/mol. The highest BCUT2D eigenvalue weighted by atomic mass is 32.2. The molecule has 0 radical (unpaired) electrons. The lowest BCUT2D eigenvalue weighted by molar-refractivity contribution is -0.147. The Kier molecular flexibility index (Phi) is 6.36. The molecule has 6 nitrogen and oxygen atoms in total. The number of ether oxygens (including phenoxy) is 1. The van der Waals surface area contributed by atoms with Crippen molar-refractivity contribution in [2.24, 2.45) is 0 Å². The third-order valence-corrected chi connectivity index (χ3v) is 5.64. The van der Waals surface area contributed by atoms with Gasteiger partial charge in [0.2, 0.25) is 5.91 Å². The van der Waals surface area contributed by atoms with Gasteiger partial charge in [-0.25, -0.2) is 0 Å². The smallest absolute Gasteiger partial charge is 0.308 e. The van der Waals surface area contributed by atoms with Crippen molar-refractivity contribution in [3.8, 4) is 0 Å². The molecule has 2 aromatic carbocycles. The number of benzene rings is 2. The Balaban J connectivity index is 1.49. The number of carbonyl (C=O) groups excluding carboxylic acids is 3. The Labute approximate surface area is 168 Å². The van der Waals surface area contributed by atoms with Crippen molar-refractivity contribution >= 4 is 40.9 Å². The summed E-state index contributed by atoms with van der Waals surface area (Å²) < 4.78 is 5.07. The summed E-state index contributed by atoms with van der Waals surface area (Å²) in [6, 6.07) is 13.2. The predicted molar refractivity (Wildman–Crippen MR) is 110 cm³/mol. The summed E-state index contributed by atoms with van der Waals surface area (Å²) in [7, 11) is 0. The maximum Gasteiger partial charge on any atom is 0.308 e. The summed E-state index contributed by atoms with van der Waals surface area (Å²) in [6.45, 7) is 3.76. The molecule has 0 fully saturated rings. The number of para-hydroxylation sites is 1. The average Bonchev–Trinajstić information content (AvgIpc) is 2.69. The highest BCUT2D eigenvalue weighted by Crippen LogP contribution is 2.34. The Hall–Kier alpha value is -2.80. The highest BCUT2D eigenvalue weighted by molar-refractivity contribution is 8.00. The van der Waals surface area contributed by atoms with Crippen molar-refractivity contribution < 1.29 is 19.1 Å². The maximum atomic E-state index is 12.2. The van der Waals surface area contributed by atoms with Crippen molar-refractivity contribution in [3.63, 3.8) is 0 Å². The van der Waals surface area contributed by atoms with Crippen LogP contribution in [0.1, 0.15) is 17.5 Å². The number of hydrogen-bond acceptors (Lipinski definition) is 5. The van der Waals surface area contributed by atoms with Crippen LogP contribution in [-0.4, -0.2) is 36.7 Å². The summed E-state index contributed by atoms with van der Waals surface area (Å²) in [5, 5.41) is 2.75. The van der Waals surface area contributed by atoms with Crippen LogP contribution in [0.4, 0.5) is 11.4 Å². The Bertz CT molecular complexity index is 913. The van der Waals surface area contributed by atoms with Gasteiger partial charge >= 0.3 is 5.97 Å². The molecule has 7 heteroatoms. The van der Waals surface area contributed by atoms with Crippen LogP contribution < -0.4 is 10.2 Å². The first-order valence-electron chi connectivity index (χ1n) is 8.99. The van der Waals surface area contributed by atoms with Gasteiger partial charge in [-0.2, -0.15) is 0 Å². The molecule has 0 saturated carbocycles. The normalized spacial score (nSPS) is 13.1. The number of carbonyl (C=O) groups is 3. The molecule has 0 bridgehead atoms. The molecule has 3 rings (SSSR count). The zero-order valence-corrected chi connectivity index (χ0v) is 16.7. The highest BCUT2D eigenvalue weighted by Gasteiger charge is 2.25. The van der Waals surface area contributed by atoms with Gasteiger partial charge in [0, 0.05) is 17.1 Å². The number of aryl methyl sites for hydroxylation is 1.